The summed E-state index contributed by atoms with van der Waals surface area (Å²) in [5.74, 6) is 0. The molecule has 1 spiro atoms. The molecule has 3 heteroatoms. The second kappa shape index (κ2) is 13.4. The molecular formula is C50H38N2S. The number of hydrogen-bond donors (Lipinski definition) is 0. The first-order valence-electron chi connectivity index (χ1n) is 17.8. The number of para-hydroxylation sites is 5. The van der Waals surface area contributed by atoms with Gasteiger partial charge < -0.3 is 9.80 Å². The summed E-state index contributed by atoms with van der Waals surface area (Å²) in [6, 6.07) is 75.1. The Balaban J connectivity index is 0.00000372. The van der Waals surface area contributed by atoms with Crippen LogP contribution in [0.2, 0.25) is 0 Å². The lowest BCUT2D eigenvalue weighted by molar-refractivity contribution is 0.692. The summed E-state index contributed by atoms with van der Waals surface area (Å²) in [6.07, 6.45) is 0. The molecule has 8 aromatic carbocycles. The third kappa shape index (κ3) is 5.19. The van der Waals surface area contributed by atoms with Crippen LogP contribution in [0.5, 0.6) is 0 Å². The van der Waals surface area contributed by atoms with Gasteiger partial charge in [0.15, 0.2) is 0 Å². The SMILES string of the molecule is C.c1ccc(N(c2ccccc2)c2ccc(-c3ccc4c(c3)Sc3ccccc3C43c4ccccc4N(c4ccccc4)c4ccccc43)cc2)cc1. The van der Waals surface area contributed by atoms with Gasteiger partial charge in [-0.05, 0) is 106 Å². The van der Waals surface area contributed by atoms with Crippen molar-refractivity contribution in [2.75, 3.05) is 9.80 Å². The molecule has 10 rings (SSSR count). The predicted molar refractivity (Wildman–Crippen MR) is 224 cm³/mol. The van der Waals surface area contributed by atoms with Crippen LogP contribution in [-0.4, -0.2) is 0 Å². The second-order valence-corrected chi connectivity index (χ2v) is 14.4. The normalized spacial score (nSPS) is 13.2. The van der Waals surface area contributed by atoms with Gasteiger partial charge in [0, 0.05) is 32.5 Å². The summed E-state index contributed by atoms with van der Waals surface area (Å²) in [5.41, 5.74) is 14.1. The molecule has 0 saturated heterocycles. The van der Waals surface area contributed by atoms with Gasteiger partial charge in [0.25, 0.3) is 0 Å². The van der Waals surface area contributed by atoms with Gasteiger partial charge in [0.05, 0.1) is 16.8 Å². The van der Waals surface area contributed by atoms with Gasteiger partial charge in [0.2, 0.25) is 0 Å². The average molecular weight is 699 g/mol. The van der Waals surface area contributed by atoms with Gasteiger partial charge in [-0.25, -0.2) is 0 Å². The van der Waals surface area contributed by atoms with Crippen molar-refractivity contribution >= 4 is 45.9 Å². The molecule has 254 valence electrons. The van der Waals surface area contributed by atoms with Crippen molar-refractivity contribution in [2.45, 2.75) is 22.6 Å². The number of anilines is 6. The molecule has 0 aromatic heterocycles. The first kappa shape index (κ1) is 32.6. The Morgan fingerprint density at radius 2 is 0.830 bits per heavy atom. The molecule has 0 aliphatic carbocycles. The van der Waals surface area contributed by atoms with Crippen LogP contribution in [0.15, 0.2) is 216 Å². The van der Waals surface area contributed by atoms with Crippen LogP contribution in [0.25, 0.3) is 11.1 Å². The van der Waals surface area contributed by atoms with E-state index in [4.69, 9.17) is 0 Å². The molecule has 0 N–H and O–H groups in total. The van der Waals surface area contributed by atoms with Crippen molar-refractivity contribution in [3.63, 3.8) is 0 Å². The molecule has 0 amide bonds. The van der Waals surface area contributed by atoms with E-state index < -0.39 is 5.41 Å². The summed E-state index contributed by atoms with van der Waals surface area (Å²) in [6.45, 7) is 0. The highest BCUT2D eigenvalue weighted by molar-refractivity contribution is 7.99. The van der Waals surface area contributed by atoms with Crippen molar-refractivity contribution < 1.29 is 0 Å². The Bertz CT molecular complexity index is 2460. The Hall–Kier alpha value is -6.29. The minimum atomic E-state index is -0.482. The van der Waals surface area contributed by atoms with Crippen molar-refractivity contribution in [3.8, 4) is 11.1 Å². The Morgan fingerprint density at radius 1 is 0.377 bits per heavy atom. The average Bonchev–Trinajstić information content (AvgIpc) is 3.22. The zero-order chi connectivity index (χ0) is 34.5. The van der Waals surface area contributed by atoms with Gasteiger partial charge in [-0.2, -0.15) is 0 Å². The number of benzene rings is 8. The van der Waals surface area contributed by atoms with Gasteiger partial charge in [0.1, 0.15) is 0 Å². The summed E-state index contributed by atoms with van der Waals surface area (Å²) in [5, 5.41) is 0. The van der Waals surface area contributed by atoms with Gasteiger partial charge >= 0.3 is 0 Å². The van der Waals surface area contributed by atoms with Crippen LogP contribution in [-0.2, 0) is 5.41 Å². The monoisotopic (exact) mass is 698 g/mol. The lowest BCUT2D eigenvalue weighted by Gasteiger charge is -2.49. The largest absolute Gasteiger partial charge is 0.311 e. The smallest absolute Gasteiger partial charge is 0.0764 e. The van der Waals surface area contributed by atoms with Crippen molar-refractivity contribution in [1.82, 2.24) is 0 Å². The Kier molecular flexibility index (Phi) is 8.22. The molecule has 0 radical (unpaired) electrons. The molecule has 0 unspecified atom stereocenters. The molecule has 0 bridgehead atoms. The molecule has 2 heterocycles. The van der Waals surface area contributed by atoms with Crippen LogP contribution in [0, 0.1) is 0 Å². The van der Waals surface area contributed by atoms with Crippen LogP contribution in [0.3, 0.4) is 0 Å². The summed E-state index contributed by atoms with van der Waals surface area (Å²) in [4.78, 5) is 7.32. The van der Waals surface area contributed by atoms with Crippen LogP contribution in [0.4, 0.5) is 34.1 Å². The zero-order valence-electron chi connectivity index (χ0n) is 28.4. The summed E-state index contributed by atoms with van der Waals surface area (Å²) in [7, 11) is 0. The van der Waals surface area contributed by atoms with E-state index >= 15 is 0 Å². The molecule has 2 aliphatic heterocycles. The lowest BCUT2D eigenvalue weighted by Crippen LogP contribution is -2.39. The molecular weight excluding hydrogens is 661 g/mol. The van der Waals surface area contributed by atoms with E-state index in [1.807, 2.05) is 11.8 Å². The third-order valence-corrected chi connectivity index (χ3v) is 11.6. The molecule has 8 aromatic rings. The fourth-order valence-electron chi connectivity index (χ4n) is 8.31. The lowest BCUT2D eigenvalue weighted by atomic mass is 9.62. The number of fused-ring (bicyclic) bond motifs is 8. The minimum absolute atomic E-state index is 0. The zero-order valence-corrected chi connectivity index (χ0v) is 29.2. The fourth-order valence-corrected chi connectivity index (χ4v) is 9.54. The maximum Gasteiger partial charge on any atom is 0.0764 e. The van der Waals surface area contributed by atoms with E-state index in [2.05, 4.69) is 216 Å². The highest BCUT2D eigenvalue weighted by atomic mass is 32.2. The van der Waals surface area contributed by atoms with Gasteiger partial charge in [-0.3, -0.25) is 0 Å². The van der Waals surface area contributed by atoms with E-state index in [0.717, 1.165) is 22.7 Å². The maximum atomic E-state index is 2.43. The van der Waals surface area contributed by atoms with Crippen LogP contribution >= 0.6 is 11.8 Å². The topological polar surface area (TPSA) is 6.48 Å². The highest BCUT2D eigenvalue weighted by Crippen LogP contribution is 2.63. The molecule has 0 atom stereocenters. The minimum Gasteiger partial charge on any atom is -0.311 e. The number of rotatable bonds is 5. The van der Waals surface area contributed by atoms with Crippen LogP contribution in [0.1, 0.15) is 29.7 Å². The van der Waals surface area contributed by atoms with Crippen LogP contribution < -0.4 is 9.80 Å². The number of nitrogens with zero attached hydrogens (tertiary/aromatic N) is 2. The van der Waals surface area contributed by atoms with E-state index in [-0.39, 0.29) is 7.43 Å². The van der Waals surface area contributed by atoms with E-state index in [1.54, 1.807) is 0 Å². The van der Waals surface area contributed by atoms with Crippen molar-refractivity contribution in [2.24, 2.45) is 0 Å². The van der Waals surface area contributed by atoms with E-state index in [9.17, 15) is 0 Å². The molecule has 0 fully saturated rings. The van der Waals surface area contributed by atoms with Crippen molar-refractivity contribution in [3.05, 3.63) is 229 Å². The summed E-state index contributed by atoms with van der Waals surface area (Å²) >= 11 is 1.89. The maximum absolute atomic E-state index is 2.43. The van der Waals surface area contributed by atoms with E-state index in [1.165, 1.54) is 54.5 Å². The highest BCUT2D eigenvalue weighted by Gasteiger charge is 2.50. The molecule has 0 saturated carbocycles. The Morgan fingerprint density at radius 3 is 1.43 bits per heavy atom. The molecule has 53 heavy (non-hydrogen) atoms. The first-order chi connectivity index (χ1) is 25.8. The quantitative estimate of drug-likeness (QED) is 0.177. The number of hydrogen-bond acceptors (Lipinski definition) is 3. The second-order valence-electron chi connectivity index (χ2n) is 13.3. The first-order valence-corrected chi connectivity index (χ1v) is 18.6. The van der Waals surface area contributed by atoms with Crippen molar-refractivity contribution in [1.29, 1.82) is 0 Å². The predicted octanol–water partition coefficient (Wildman–Crippen LogP) is 14.1. The fraction of sp³-hybridized carbons (Fsp3) is 0.0400. The third-order valence-electron chi connectivity index (χ3n) is 10.5. The standard InChI is InChI=1S/C49H34N2S.CH4/c1-4-16-37(17-5-1)50(38-18-6-2-7-19-38)40-31-28-35(29-32-40)36-30-33-44-48(34-36)52-47-27-15-12-24-43(47)49(44)41-22-10-13-25-45(41)51(39-20-8-3-9-21-39)46-26-14-11-23-42(46)49;/h1-34H;1H4. The van der Waals surface area contributed by atoms with Gasteiger partial charge in [-0.15, -0.1) is 0 Å². The summed E-state index contributed by atoms with van der Waals surface area (Å²) < 4.78 is 0. The molecule has 2 aliphatic rings. The molecule has 2 nitrogen and oxygen atoms in total. The van der Waals surface area contributed by atoms with E-state index in [0.29, 0.717) is 0 Å². The van der Waals surface area contributed by atoms with Gasteiger partial charge in [-0.1, -0.05) is 153 Å². The Labute approximate surface area is 316 Å².